The molecule has 0 N–H and O–H groups in total. The van der Waals surface area contributed by atoms with Gasteiger partial charge in [-0.2, -0.15) is 0 Å². The van der Waals surface area contributed by atoms with E-state index in [4.69, 9.17) is 18.9 Å². The predicted molar refractivity (Wildman–Crippen MR) is 45.0 cm³/mol. The summed E-state index contributed by atoms with van der Waals surface area (Å²) in [5, 5.41) is 0. The van der Waals surface area contributed by atoms with Crippen LogP contribution in [-0.4, -0.2) is 25.2 Å². The summed E-state index contributed by atoms with van der Waals surface area (Å²) in [6.45, 7) is 0. The van der Waals surface area contributed by atoms with Gasteiger partial charge in [0.2, 0.25) is 0 Å². The summed E-state index contributed by atoms with van der Waals surface area (Å²) in [5.74, 6) is 4.04. The van der Waals surface area contributed by atoms with Crippen LogP contribution in [0.15, 0.2) is 0 Å². The lowest BCUT2D eigenvalue weighted by Crippen LogP contribution is -2.49. The van der Waals surface area contributed by atoms with Gasteiger partial charge in [-0.1, -0.05) is 0 Å². The third kappa shape index (κ3) is 0.542. The highest BCUT2D eigenvalue weighted by atomic mass is 16.9. The zero-order chi connectivity index (χ0) is 9.31. The highest BCUT2D eigenvalue weighted by molar-refractivity contribution is 5.16. The highest BCUT2D eigenvalue weighted by Gasteiger charge is 2.77. The summed E-state index contributed by atoms with van der Waals surface area (Å²) in [6.07, 6.45) is 1.25. The van der Waals surface area contributed by atoms with Crippen molar-refractivity contribution >= 4 is 0 Å². The van der Waals surface area contributed by atoms with Crippen LogP contribution >= 0.6 is 0 Å². The van der Waals surface area contributed by atoms with E-state index < -0.39 is 0 Å². The molecule has 6 rings (SSSR count). The fraction of sp³-hybridized carbons (Fsp3) is 1.00. The van der Waals surface area contributed by atoms with Gasteiger partial charge in [-0.3, -0.25) is 0 Å². The molecule has 4 aliphatic heterocycles. The van der Waals surface area contributed by atoms with Crippen LogP contribution in [0, 0.1) is 35.5 Å². The maximum Gasteiger partial charge on any atom is 0.167 e. The maximum atomic E-state index is 5.91. The molecule has 15 heavy (non-hydrogen) atoms. The second-order valence-corrected chi connectivity index (χ2v) is 5.89. The van der Waals surface area contributed by atoms with Gasteiger partial charge in [0.15, 0.2) is 25.2 Å². The van der Waals surface area contributed by atoms with Gasteiger partial charge in [0.05, 0.1) is 0 Å². The largest absolute Gasteiger partial charge is 0.323 e. The average molecular weight is 208 g/mol. The summed E-state index contributed by atoms with van der Waals surface area (Å²) in [5.41, 5.74) is 0. The predicted octanol–water partition coefficient (Wildman–Crippen LogP) is 0.526. The van der Waals surface area contributed by atoms with Crippen molar-refractivity contribution < 1.29 is 18.9 Å². The lowest BCUT2D eigenvalue weighted by Gasteiger charge is -2.42. The summed E-state index contributed by atoms with van der Waals surface area (Å²) in [4.78, 5) is 0. The van der Waals surface area contributed by atoms with Gasteiger partial charge in [0, 0.05) is 23.7 Å². The molecule has 4 heterocycles. The molecular formula is C11H12O4. The molecule has 4 atom stereocenters. The smallest absolute Gasteiger partial charge is 0.167 e. The Balaban J connectivity index is 1.69. The summed E-state index contributed by atoms with van der Waals surface area (Å²) < 4.78 is 23.5. The molecule has 0 radical (unpaired) electrons. The summed E-state index contributed by atoms with van der Waals surface area (Å²) in [7, 11) is 0. The van der Waals surface area contributed by atoms with E-state index in [2.05, 4.69) is 0 Å². The maximum absolute atomic E-state index is 5.91. The third-order valence-corrected chi connectivity index (χ3v) is 5.74. The second-order valence-electron chi connectivity index (χ2n) is 5.89. The molecule has 4 unspecified atom stereocenters. The molecule has 80 valence electrons. The topological polar surface area (TPSA) is 36.9 Å². The lowest BCUT2D eigenvalue weighted by atomic mass is 9.67. The average Bonchev–Trinajstić information content (AvgIpc) is 2.93. The van der Waals surface area contributed by atoms with Crippen molar-refractivity contribution in [2.45, 2.75) is 31.6 Å². The van der Waals surface area contributed by atoms with Gasteiger partial charge in [-0.15, -0.1) is 0 Å². The number of rotatable bonds is 0. The molecule has 4 saturated heterocycles. The van der Waals surface area contributed by atoms with Crippen LogP contribution in [-0.2, 0) is 18.9 Å². The van der Waals surface area contributed by atoms with Crippen molar-refractivity contribution in [2.24, 2.45) is 35.5 Å². The molecule has 0 spiro atoms. The highest BCUT2D eigenvalue weighted by Crippen LogP contribution is 2.72. The molecule has 4 heteroatoms. The van der Waals surface area contributed by atoms with Crippen LogP contribution < -0.4 is 0 Å². The van der Waals surface area contributed by atoms with Crippen molar-refractivity contribution in [3.63, 3.8) is 0 Å². The first kappa shape index (κ1) is 7.22. The van der Waals surface area contributed by atoms with Crippen LogP contribution in [0.25, 0.3) is 0 Å². The van der Waals surface area contributed by atoms with Crippen molar-refractivity contribution in [1.29, 1.82) is 0 Å². The van der Waals surface area contributed by atoms with Gasteiger partial charge < -0.3 is 18.9 Å². The minimum atomic E-state index is -0.0313. The number of hydrogen-bond donors (Lipinski definition) is 0. The van der Waals surface area contributed by atoms with Gasteiger partial charge >= 0.3 is 0 Å². The summed E-state index contributed by atoms with van der Waals surface area (Å²) >= 11 is 0. The molecule has 2 saturated carbocycles. The van der Waals surface area contributed by atoms with E-state index in [-0.39, 0.29) is 25.2 Å². The first-order valence-corrected chi connectivity index (χ1v) is 6.04. The van der Waals surface area contributed by atoms with Crippen molar-refractivity contribution in [1.82, 2.24) is 0 Å². The molecule has 0 aromatic carbocycles. The quantitative estimate of drug-likeness (QED) is 0.581. The van der Waals surface area contributed by atoms with Crippen LogP contribution in [0.2, 0.25) is 0 Å². The molecule has 2 bridgehead atoms. The Morgan fingerprint density at radius 2 is 0.867 bits per heavy atom. The first-order chi connectivity index (χ1) is 7.42. The minimum absolute atomic E-state index is 0.0313. The van der Waals surface area contributed by atoms with Gasteiger partial charge in [-0.25, -0.2) is 0 Å². The molecule has 6 aliphatic rings. The van der Waals surface area contributed by atoms with E-state index in [9.17, 15) is 0 Å². The van der Waals surface area contributed by atoms with E-state index >= 15 is 0 Å². The number of hydrogen-bond acceptors (Lipinski definition) is 4. The van der Waals surface area contributed by atoms with Crippen molar-refractivity contribution in [3.8, 4) is 0 Å². The SMILES string of the molecule is C1C2C3C4OC5OC6OC(O4)C2C6C1C53. The Bertz CT molecular complexity index is 310. The standard InChI is InChI=1S/C11H12O4/c1-2-4-6-3(1)7-5(2)9-12-8(4)14-10(6)13-11(7)15-9/h2-11H,1H2. The van der Waals surface area contributed by atoms with Crippen LogP contribution in [0.4, 0.5) is 0 Å². The molecule has 0 aromatic heterocycles. The van der Waals surface area contributed by atoms with Crippen molar-refractivity contribution in [2.75, 3.05) is 0 Å². The zero-order valence-electron chi connectivity index (χ0n) is 8.11. The first-order valence-electron chi connectivity index (χ1n) is 6.04. The fourth-order valence-corrected chi connectivity index (χ4v) is 5.51. The van der Waals surface area contributed by atoms with E-state index in [1.807, 2.05) is 0 Å². The lowest BCUT2D eigenvalue weighted by molar-refractivity contribution is -0.368. The Labute approximate surface area is 86.8 Å². The molecule has 6 fully saturated rings. The minimum Gasteiger partial charge on any atom is -0.323 e. The van der Waals surface area contributed by atoms with Gasteiger partial charge in [0.1, 0.15) is 0 Å². The fourth-order valence-electron chi connectivity index (χ4n) is 5.51. The second kappa shape index (κ2) is 1.88. The monoisotopic (exact) mass is 208 g/mol. The van der Waals surface area contributed by atoms with E-state index in [0.717, 1.165) is 11.8 Å². The van der Waals surface area contributed by atoms with Crippen LogP contribution in [0.1, 0.15) is 6.42 Å². The van der Waals surface area contributed by atoms with Gasteiger partial charge in [0.25, 0.3) is 0 Å². The Hall–Kier alpha value is -0.160. The molecular weight excluding hydrogens is 196 g/mol. The molecule has 2 aliphatic carbocycles. The Kier molecular flexibility index (Phi) is 0.905. The number of ether oxygens (including phenoxy) is 4. The van der Waals surface area contributed by atoms with E-state index in [1.54, 1.807) is 0 Å². The van der Waals surface area contributed by atoms with E-state index in [0.29, 0.717) is 23.7 Å². The Morgan fingerprint density at radius 3 is 1.20 bits per heavy atom. The molecule has 0 aromatic rings. The zero-order valence-corrected chi connectivity index (χ0v) is 8.11. The molecule has 0 amide bonds. The van der Waals surface area contributed by atoms with Gasteiger partial charge in [-0.05, 0) is 18.3 Å². The summed E-state index contributed by atoms with van der Waals surface area (Å²) in [6, 6.07) is 0. The Morgan fingerprint density at radius 1 is 0.533 bits per heavy atom. The van der Waals surface area contributed by atoms with Crippen LogP contribution in [0.3, 0.4) is 0 Å². The third-order valence-electron chi connectivity index (χ3n) is 5.74. The normalized spacial score (nSPS) is 80.0. The molecule has 4 nitrogen and oxygen atoms in total. The van der Waals surface area contributed by atoms with E-state index in [1.165, 1.54) is 6.42 Å². The van der Waals surface area contributed by atoms with Crippen LogP contribution in [0.5, 0.6) is 0 Å². The van der Waals surface area contributed by atoms with Crippen molar-refractivity contribution in [3.05, 3.63) is 0 Å².